The normalized spacial score (nSPS) is 11.2. The molecule has 3 rings (SSSR count). The van der Waals surface area contributed by atoms with Crippen molar-refractivity contribution in [2.24, 2.45) is 5.10 Å². The zero-order chi connectivity index (χ0) is 17.8. The zero-order valence-electron chi connectivity index (χ0n) is 13.2. The fourth-order valence-corrected chi connectivity index (χ4v) is 2.60. The van der Waals surface area contributed by atoms with Gasteiger partial charge in [-0.2, -0.15) is 10.2 Å². The van der Waals surface area contributed by atoms with Gasteiger partial charge >= 0.3 is 0 Å². The van der Waals surface area contributed by atoms with Gasteiger partial charge in [0, 0.05) is 16.2 Å². The minimum Gasteiger partial charge on any atom is -0.460 e. The van der Waals surface area contributed by atoms with Crippen LogP contribution in [0.4, 0.5) is 0 Å². The maximum atomic E-state index is 12.0. The van der Waals surface area contributed by atoms with Gasteiger partial charge in [-0.3, -0.25) is 9.48 Å². The van der Waals surface area contributed by atoms with Crippen LogP contribution in [0.2, 0.25) is 10.0 Å². The molecule has 0 aliphatic heterocycles. The van der Waals surface area contributed by atoms with E-state index in [0.29, 0.717) is 22.4 Å². The van der Waals surface area contributed by atoms with Crippen LogP contribution < -0.4 is 5.43 Å². The van der Waals surface area contributed by atoms with E-state index in [4.69, 9.17) is 27.6 Å². The summed E-state index contributed by atoms with van der Waals surface area (Å²) in [7, 11) is 0. The summed E-state index contributed by atoms with van der Waals surface area (Å²) in [5.41, 5.74) is 3.51. The lowest BCUT2D eigenvalue weighted by molar-refractivity contribution is 0.0949. The number of aryl methyl sites for hydroxylation is 1. The highest BCUT2D eigenvalue weighted by Gasteiger charge is 2.10. The van der Waals surface area contributed by atoms with E-state index in [-0.39, 0.29) is 5.69 Å². The number of carbonyl (C=O) groups excluding carboxylic acids is 1. The van der Waals surface area contributed by atoms with Crippen LogP contribution in [-0.2, 0) is 6.54 Å². The lowest BCUT2D eigenvalue weighted by atomic mass is 10.2. The van der Waals surface area contributed by atoms with E-state index in [1.54, 1.807) is 35.1 Å². The van der Waals surface area contributed by atoms with Gasteiger partial charge in [0.2, 0.25) is 0 Å². The molecule has 0 spiro atoms. The Morgan fingerprint density at radius 2 is 2.16 bits per heavy atom. The lowest BCUT2D eigenvalue weighted by Crippen LogP contribution is -2.18. The Hall–Kier alpha value is -2.57. The number of aromatic nitrogens is 2. The highest BCUT2D eigenvalue weighted by atomic mass is 35.5. The van der Waals surface area contributed by atoms with Gasteiger partial charge in [-0.05, 0) is 42.8 Å². The molecule has 0 aliphatic carbocycles. The fourth-order valence-electron chi connectivity index (χ4n) is 2.13. The molecule has 1 N–H and O–H groups in total. The van der Waals surface area contributed by atoms with Gasteiger partial charge in [0.1, 0.15) is 11.5 Å². The maximum absolute atomic E-state index is 12.0. The molecule has 8 heteroatoms. The molecule has 0 unspecified atom stereocenters. The van der Waals surface area contributed by atoms with E-state index >= 15 is 0 Å². The second-order valence-electron chi connectivity index (χ2n) is 5.28. The molecule has 2 aromatic heterocycles. The number of hydrogen-bond acceptors (Lipinski definition) is 4. The van der Waals surface area contributed by atoms with Crippen LogP contribution in [0.15, 0.2) is 52.1 Å². The molecule has 0 bridgehead atoms. The number of rotatable bonds is 5. The summed E-state index contributed by atoms with van der Waals surface area (Å²) < 4.78 is 6.93. The Morgan fingerprint density at radius 3 is 2.88 bits per heavy atom. The molecule has 0 radical (unpaired) electrons. The van der Waals surface area contributed by atoms with Crippen molar-refractivity contribution in [1.29, 1.82) is 0 Å². The predicted octanol–water partition coefficient (Wildman–Crippen LogP) is 3.90. The summed E-state index contributed by atoms with van der Waals surface area (Å²) in [5, 5.41) is 9.18. The number of hydrazone groups is 1. The van der Waals surface area contributed by atoms with Crippen molar-refractivity contribution in [1.82, 2.24) is 15.2 Å². The Labute approximate surface area is 154 Å². The van der Waals surface area contributed by atoms with Crippen molar-refractivity contribution in [3.05, 3.63) is 75.4 Å². The first-order chi connectivity index (χ1) is 12.0. The molecule has 128 valence electrons. The maximum Gasteiger partial charge on any atom is 0.291 e. The summed E-state index contributed by atoms with van der Waals surface area (Å²) in [5.74, 6) is 0.911. The lowest BCUT2D eigenvalue weighted by Gasteiger charge is -2.05. The van der Waals surface area contributed by atoms with Gasteiger partial charge in [-0.1, -0.05) is 29.3 Å². The van der Waals surface area contributed by atoms with E-state index in [1.165, 1.54) is 6.21 Å². The number of carbonyl (C=O) groups is 1. The third-order valence-corrected chi connectivity index (χ3v) is 3.93. The quantitative estimate of drug-likeness (QED) is 0.541. The highest BCUT2D eigenvalue weighted by molar-refractivity contribution is 6.35. The zero-order valence-corrected chi connectivity index (χ0v) is 14.8. The Morgan fingerprint density at radius 1 is 1.32 bits per heavy atom. The number of amides is 1. The van der Waals surface area contributed by atoms with Crippen LogP contribution in [0, 0.1) is 6.92 Å². The van der Waals surface area contributed by atoms with Crippen LogP contribution in [0.1, 0.15) is 27.6 Å². The summed E-state index contributed by atoms with van der Waals surface area (Å²) >= 11 is 12.0. The van der Waals surface area contributed by atoms with Crippen molar-refractivity contribution >= 4 is 35.3 Å². The van der Waals surface area contributed by atoms with Gasteiger partial charge in [0.15, 0.2) is 5.69 Å². The van der Waals surface area contributed by atoms with Gasteiger partial charge in [0.25, 0.3) is 5.91 Å². The number of furan rings is 1. The highest BCUT2D eigenvalue weighted by Crippen LogP contribution is 2.21. The van der Waals surface area contributed by atoms with E-state index < -0.39 is 5.91 Å². The van der Waals surface area contributed by atoms with Crippen molar-refractivity contribution in [3.8, 4) is 0 Å². The Kier molecular flexibility index (Phi) is 5.21. The molecule has 1 aromatic carbocycles. The summed E-state index contributed by atoms with van der Waals surface area (Å²) in [6, 6.07) is 10.4. The summed E-state index contributed by atoms with van der Waals surface area (Å²) in [6.45, 7) is 2.26. The van der Waals surface area contributed by atoms with Crippen molar-refractivity contribution in [3.63, 3.8) is 0 Å². The van der Waals surface area contributed by atoms with E-state index in [9.17, 15) is 4.79 Å². The third-order valence-electron chi connectivity index (χ3n) is 3.34. The average Bonchev–Trinajstić information content (AvgIpc) is 3.19. The van der Waals surface area contributed by atoms with E-state index in [0.717, 1.165) is 11.3 Å². The van der Waals surface area contributed by atoms with Gasteiger partial charge < -0.3 is 4.42 Å². The van der Waals surface area contributed by atoms with Crippen molar-refractivity contribution < 1.29 is 9.21 Å². The Bertz CT molecular complexity index is 930. The fraction of sp³-hybridized carbons (Fsp3) is 0.118. The molecule has 0 fully saturated rings. The van der Waals surface area contributed by atoms with Crippen LogP contribution in [0.5, 0.6) is 0 Å². The number of hydrogen-bond donors (Lipinski definition) is 1. The minimum absolute atomic E-state index is 0.248. The molecule has 0 saturated heterocycles. The van der Waals surface area contributed by atoms with Crippen LogP contribution in [0.25, 0.3) is 0 Å². The molecule has 0 aliphatic rings. The minimum atomic E-state index is -0.416. The molecule has 3 aromatic rings. The molecule has 0 saturated carbocycles. The first-order valence-electron chi connectivity index (χ1n) is 7.38. The second-order valence-corrected chi connectivity index (χ2v) is 6.13. The summed E-state index contributed by atoms with van der Waals surface area (Å²) in [6.07, 6.45) is 3.12. The standard InChI is InChI=1S/C17H14Cl2N4O2/c1-11-2-5-14(25-11)9-20-21-17(24)16-6-7-23(22-16)10-12-3-4-13(18)8-15(12)19/h2-9H,10H2,1H3,(H,21,24)/b20-9-. The van der Waals surface area contributed by atoms with Crippen LogP contribution in [0.3, 0.4) is 0 Å². The van der Waals surface area contributed by atoms with Gasteiger partial charge in [0.05, 0.1) is 12.8 Å². The van der Waals surface area contributed by atoms with Crippen LogP contribution in [-0.4, -0.2) is 21.9 Å². The molecular weight excluding hydrogens is 363 g/mol. The first-order valence-corrected chi connectivity index (χ1v) is 8.14. The smallest absolute Gasteiger partial charge is 0.291 e. The van der Waals surface area contributed by atoms with E-state index in [2.05, 4.69) is 15.6 Å². The SMILES string of the molecule is Cc1ccc(/C=N\NC(=O)c2ccn(Cc3ccc(Cl)cc3Cl)n2)o1. The molecule has 6 nitrogen and oxygen atoms in total. The number of halogens is 2. The number of benzene rings is 1. The number of nitrogens with zero attached hydrogens (tertiary/aromatic N) is 3. The molecule has 0 atom stereocenters. The molecular formula is C17H14Cl2N4O2. The molecule has 2 heterocycles. The topological polar surface area (TPSA) is 72.4 Å². The van der Waals surface area contributed by atoms with Gasteiger partial charge in [-0.15, -0.1) is 0 Å². The molecule has 1 amide bonds. The monoisotopic (exact) mass is 376 g/mol. The largest absolute Gasteiger partial charge is 0.460 e. The van der Waals surface area contributed by atoms with Crippen LogP contribution >= 0.6 is 23.2 Å². The van der Waals surface area contributed by atoms with E-state index in [1.807, 2.05) is 19.1 Å². The average molecular weight is 377 g/mol. The van der Waals surface area contributed by atoms with Gasteiger partial charge in [-0.25, -0.2) is 5.43 Å². The molecule has 25 heavy (non-hydrogen) atoms. The first kappa shape index (κ1) is 17.3. The van der Waals surface area contributed by atoms with Crippen molar-refractivity contribution in [2.45, 2.75) is 13.5 Å². The Balaban J connectivity index is 1.62. The predicted molar refractivity (Wildman–Crippen MR) is 96.3 cm³/mol. The third kappa shape index (κ3) is 4.49. The summed E-state index contributed by atoms with van der Waals surface area (Å²) in [4.78, 5) is 12.0. The van der Waals surface area contributed by atoms with Crippen molar-refractivity contribution in [2.75, 3.05) is 0 Å². The second kappa shape index (κ2) is 7.55. The number of nitrogens with one attached hydrogen (secondary N) is 1.